The molecule has 2 aromatic rings. The Morgan fingerprint density at radius 3 is 2.73 bits per heavy atom. The number of nitrogens with one attached hydrogen (secondary N) is 1. The van der Waals surface area contributed by atoms with Gasteiger partial charge in [0.25, 0.3) is 5.56 Å². The molecule has 1 N–H and O–H groups in total. The minimum absolute atomic E-state index is 0.144. The molecule has 0 aromatic carbocycles. The fourth-order valence-electron chi connectivity index (χ4n) is 1.25. The molecule has 0 fully saturated rings. The largest absolute Gasteiger partial charge is 0.431 e. The average Bonchev–Trinajstić information content (AvgIpc) is 2.16. The van der Waals surface area contributed by atoms with Gasteiger partial charge in [-0.3, -0.25) is 9.78 Å². The van der Waals surface area contributed by atoms with Crippen molar-refractivity contribution in [1.82, 2.24) is 9.97 Å². The lowest BCUT2D eigenvalue weighted by atomic mass is 10.2. The summed E-state index contributed by atoms with van der Waals surface area (Å²) < 4.78 is 36.9. The van der Waals surface area contributed by atoms with Crippen molar-refractivity contribution >= 4 is 10.8 Å². The Labute approximate surface area is 81.6 Å². The molecular formula is C9H5F3N2O. The van der Waals surface area contributed by atoms with E-state index in [0.717, 1.165) is 6.07 Å². The number of hydrogen-bond donors (Lipinski definition) is 1. The van der Waals surface area contributed by atoms with E-state index in [0.29, 0.717) is 0 Å². The topological polar surface area (TPSA) is 45.8 Å². The number of H-pyrrole nitrogens is 1. The van der Waals surface area contributed by atoms with Crippen LogP contribution in [-0.2, 0) is 6.18 Å². The van der Waals surface area contributed by atoms with Gasteiger partial charge in [-0.05, 0) is 17.5 Å². The number of aromatic nitrogens is 2. The highest BCUT2D eigenvalue weighted by Gasteiger charge is 2.32. The molecule has 6 heteroatoms. The lowest BCUT2D eigenvalue weighted by molar-refractivity contribution is -0.141. The molecule has 0 bridgehead atoms. The summed E-state index contributed by atoms with van der Waals surface area (Å²) in [5.41, 5.74) is -1.83. The van der Waals surface area contributed by atoms with Gasteiger partial charge in [0.2, 0.25) is 0 Å². The predicted octanol–water partition coefficient (Wildman–Crippen LogP) is 1.94. The van der Waals surface area contributed by atoms with Crippen LogP contribution in [0.2, 0.25) is 0 Å². The summed E-state index contributed by atoms with van der Waals surface area (Å²) in [6.07, 6.45) is -1.98. The maximum atomic E-state index is 12.3. The highest BCUT2D eigenvalue weighted by atomic mass is 19.4. The SMILES string of the molecule is O=c1[nH]c(C(F)(F)F)cc2ccncc12. The van der Waals surface area contributed by atoms with Crippen LogP contribution in [0.5, 0.6) is 0 Å². The first-order valence-electron chi connectivity index (χ1n) is 4.03. The van der Waals surface area contributed by atoms with Gasteiger partial charge >= 0.3 is 6.18 Å². The molecular weight excluding hydrogens is 209 g/mol. The molecule has 15 heavy (non-hydrogen) atoms. The predicted molar refractivity (Wildman–Crippen MR) is 47.4 cm³/mol. The van der Waals surface area contributed by atoms with E-state index in [-0.39, 0.29) is 10.8 Å². The quantitative estimate of drug-likeness (QED) is 0.728. The number of alkyl halides is 3. The number of hydrogen-bond acceptors (Lipinski definition) is 2. The Morgan fingerprint density at radius 2 is 2.07 bits per heavy atom. The lowest BCUT2D eigenvalue weighted by Gasteiger charge is -2.06. The van der Waals surface area contributed by atoms with E-state index in [9.17, 15) is 18.0 Å². The molecule has 0 saturated heterocycles. The summed E-state index contributed by atoms with van der Waals surface area (Å²) in [7, 11) is 0. The first kappa shape index (κ1) is 9.70. The van der Waals surface area contributed by atoms with Gasteiger partial charge in [-0.1, -0.05) is 0 Å². The highest BCUT2D eigenvalue weighted by Crippen LogP contribution is 2.27. The Hall–Kier alpha value is -1.85. The number of fused-ring (bicyclic) bond motifs is 1. The van der Waals surface area contributed by atoms with Gasteiger partial charge in [-0.2, -0.15) is 13.2 Å². The summed E-state index contributed by atoms with van der Waals surface area (Å²) in [5.74, 6) is 0. The number of aromatic amines is 1. The molecule has 2 rings (SSSR count). The minimum Gasteiger partial charge on any atom is -0.318 e. The Balaban J connectivity index is 2.79. The third-order valence-corrected chi connectivity index (χ3v) is 1.95. The maximum Gasteiger partial charge on any atom is 0.431 e. The van der Waals surface area contributed by atoms with Crippen LogP contribution in [-0.4, -0.2) is 9.97 Å². The van der Waals surface area contributed by atoms with Crippen LogP contribution >= 0.6 is 0 Å². The smallest absolute Gasteiger partial charge is 0.318 e. The van der Waals surface area contributed by atoms with Crippen molar-refractivity contribution in [2.45, 2.75) is 6.18 Å². The molecule has 78 valence electrons. The van der Waals surface area contributed by atoms with Crippen LogP contribution < -0.4 is 5.56 Å². The van der Waals surface area contributed by atoms with Gasteiger partial charge in [0.15, 0.2) is 0 Å². The van der Waals surface area contributed by atoms with Crippen LogP contribution in [0.1, 0.15) is 5.69 Å². The second-order valence-electron chi connectivity index (χ2n) is 2.97. The molecule has 0 aliphatic rings. The zero-order valence-corrected chi connectivity index (χ0v) is 7.30. The van der Waals surface area contributed by atoms with Gasteiger partial charge in [-0.15, -0.1) is 0 Å². The molecule has 0 radical (unpaired) electrons. The number of nitrogens with zero attached hydrogens (tertiary/aromatic N) is 1. The molecule has 0 aliphatic carbocycles. The maximum absolute atomic E-state index is 12.3. The molecule has 0 saturated carbocycles. The van der Waals surface area contributed by atoms with Crippen molar-refractivity contribution in [2.24, 2.45) is 0 Å². The Kier molecular flexibility index (Phi) is 1.99. The number of pyridine rings is 2. The van der Waals surface area contributed by atoms with E-state index in [1.165, 1.54) is 18.5 Å². The second kappa shape index (κ2) is 3.08. The van der Waals surface area contributed by atoms with Gasteiger partial charge in [0, 0.05) is 12.4 Å². The normalized spacial score (nSPS) is 11.9. The average molecular weight is 214 g/mol. The highest BCUT2D eigenvalue weighted by molar-refractivity contribution is 5.80. The van der Waals surface area contributed by atoms with Crippen LogP contribution in [0.15, 0.2) is 29.3 Å². The minimum atomic E-state index is -4.55. The Bertz CT molecular complexity index is 559. The summed E-state index contributed by atoms with van der Waals surface area (Å²) in [4.78, 5) is 16.7. The van der Waals surface area contributed by atoms with E-state index in [1.54, 1.807) is 4.98 Å². The van der Waals surface area contributed by atoms with Crippen LogP contribution in [0.25, 0.3) is 10.8 Å². The van der Waals surface area contributed by atoms with Crippen molar-refractivity contribution in [2.75, 3.05) is 0 Å². The number of halogens is 3. The van der Waals surface area contributed by atoms with Crippen LogP contribution in [0.3, 0.4) is 0 Å². The summed E-state index contributed by atoms with van der Waals surface area (Å²) in [5, 5.41) is 0.367. The Morgan fingerprint density at radius 1 is 1.33 bits per heavy atom. The van der Waals surface area contributed by atoms with Crippen molar-refractivity contribution in [3.8, 4) is 0 Å². The van der Waals surface area contributed by atoms with Crippen molar-refractivity contribution in [3.05, 3.63) is 40.6 Å². The molecule has 3 nitrogen and oxygen atoms in total. The zero-order valence-electron chi connectivity index (χ0n) is 7.30. The summed E-state index contributed by atoms with van der Waals surface area (Å²) >= 11 is 0. The van der Waals surface area contributed by atoms with Gasteiger partial charge < -0.3 is 4.98 Å². The lowest BCUT2D eigenvalue weighted by Crippen LogP contribution is -2.16. The molecule has 0 unspecified atom stereocenters. The number of rotatable bonds is 0. The molecule has 0 spiro atoms. The molecule has 0 aliphatic heterocycles. The summed E-state index contributed by atoms with van der Waals surface area (Å²) in [6, 6.07) is 2.25. The standard InChI is InChI=1S/C9H5F3N2O/c10-9(11,12)7-3-5-1-2-13-4-6(5)8(15)14-7/h1-4H,(H,14,15). The first-order valence-corrected chi connectivity index (χ1v) is 4.03. The third kappa shape index (κ3) is 1.70. The van der Waals surface area contributed by atoms with Crippen molar-refractivity contribution < 1.29 is 13.2 Å². The third-order valence-electron chi connectivity index (χ3n) is 1.95. The van der Waals surface area contributed by atoms with E-state index < -0.39 is 17.4 Å². The van der Waals surface area contributed by atoms with Crippen LogP contribution in [0, 0.1) is 0 Å². The van der Waals surface area contributed by atoms with Gasteiger partial charge in [0.05, 0.1) is 5.39 Å². The van der Waals surface area contributed by atoms with E-state index >= 15 is 0 Å². The summed E-state index contributed by atoms with van der Waals surface area (Å²) in [6.45, 7) is 0. The van der Waals surface area contributed by atoms with Crippen molar-refractivity contribution in [1.29, 1.82) is 0 Å². The molecule has 0 atom stereocenters. The molecule has 2 aromatic heterocycles. The second-order valence-corrected chi connectivity index (χ2v) is 2.97. The molecule has 2 heterocycles. The molecule has 0 amide bonds. The van der Waals surface area contributed by atoms with E-state index in [1.807, 2.05) is 0 Å². The van der Waals surface area contributed by atoms with E-state index in [4.69, 9.17) is 0 Å². The first-order chi connectivity index (χ1) is 6.98. The van der Waals surface area contributed by atoms with Gasteiger partial charge in [0.1, 0.15) is 5.69 Å². The van der Waals surface area contributed by atoms with Gasteiger partial charge in [-0.25, -0.2) is 0 Å². The fraction of sp³-hybridized carbons (Fsp3) is 0.111. The fourth-order valence-corrected chi connectivity index (χ4v) is 1.25. The van der Waals surface area contributed by atoms with Crippen molar-refractivity contribution in [3.63, 3.8) is 0 Å². The zero-order chi connectivity index (χ0) is 11.1. The van der Waals surface area contributed by atoms with Crippen LogP contribution in [0.4, 0.5) is 13.2 Å². The van der Waals surface area contributed by atoms with E-state index in [2.05, 4.69) is 4.98 Å². The monoisotopic (exact) mass is 214 g/mol.